The number of hydrogen-bond donors (Lipinski definition) is 3. The zero-order valence-corrected chi connectivity index (χ0v) is 10.1. The molecule has 0 fully saturated rings. The Morgan fingerprint density at radius 3 is 2.61 bits per heavy atom. The van der Waals surface area contributed by atoms with E-state index in [1.807, 2.05) is 0 Å². The summed E-state index contributed by atoms with van der Waals surface area (Å²) in [6.45, 7) is 0. The van der Waals surface area contributed by atoms with Crippen molar-refractivity contribution < 1.29 is 9.90 Å². The minimum atomic E-state index is -0.423. The first-order chi connectivity index (χ1) is 8.66. The summed E-state index contributed by atoms with van der Waals surface area (Å²) in [5.74, 6) is -0.490. The maximum atomic E-state index is 11.8. The summed E-state index contributed by atoms with van der Waals surface area (Å²) in [4.78, 5) is 11.8. The number of hydrazine groups is 1. The number of carbonyl (C=O) groups excluding carboxylic acids is 1. The molecule has 0 spiro atoms. The monoisotopic (exact) mass is 262 g/mol. The third-order valence-electron chi connectivity index (χ3n) is 2.29. The summed E-state index contributed by atoms with van der Waals surface area (Å²) in [5, 5.41) is 10.1. The lowest BCUT2D eigenvalue weighted by Gasteiger charge is -2.09. The van der Waals surface area contributed by atoms with Crippen molar-refractivity contribution in [2.75, 3.05) is 5.43 Å². The van der Waals surface area contributed by atoms with Gasteiger partial charge in [-0.1, -0.05) is 29.8 Å². The molecule has 2 aromatic rings. The lowest BCUT2D eigenvalue weighted by molar-refractivity contribution is 0.0960. The lowest BCUT2D eigenvalue weighted by Crippen LogP contribution is -2.29. The van der Waals surface area contributed by atoms with E-state index in [0.717, 1.165) is 0 Å². The van der Waals surface area contributed by atoms with E-state index in [0.29, 0.717) is 10.7 Å². The van der Waals surface area contributed by atoms with Gasteiger partial charge in [0.25, 0.3) is 5.91 Å². The van der Waals surface area contributed by atoms with Gasteiger partial charge in [-0.05, 0) is 30.3 Å². The molecule has 0 bridgehead atoms. The van der Waals surface area contributed by atoms with Crippen LogP contribution in [0.1, 0.15) is 10.4 Å². The molecular weight excluding hydrogens is 252 g/mol. The average Bonchev–Trinajstić information content (AvgIpc) is 2.37. The summed E-state index contributed by atoms with van der Waals surface area (Å²) in [5.41, 5.74) is 6.05. The van der Waals surface area contributed by atoms with E-state index >= 15 is 0 Å². The fourth-order valence-corrected chi connectivity index (χ4v) is 1.62. The molecule has 4 nitrogen and oxygen atoms in total. The van der Waals surface area contributed by atoms with E-state index < -0.39 is 5.91 Å². The summed E-state index contributed by atoms with van der Waals surface area (Å²) in [6, 6.07) is 13.2. The number of nitrogens with one attached hydrogen (secondary N) is 2. The van der Waals surface area contributed by atoms with Gasteiger partial charge in [-0.3, -0.25) is 15.6 Å². The number of halogens is 1. The molecule has 18 heavy (non-hydrogen) atoms. The highest BCUT2D eigenvalue weighted by molar-refractivity contribution is 6.30. The standard InChI is InChI=1S/C13H11ClN2O2/c14-9-4-3-5-10(8-9)15-16-13(18)11-6-1-2-7-12(11)17/h1-8,15,17H,(H,16,18). The van der Waals surface area contributed by atoms with Crippen molar-refractivity contribution >= 4 is 23.2 Å². The first-order valence-corrected chi connectivity index (χ1v) is 5.64. The molecule has 0 aliphatic rings. The molecule has 1 amide bonds. The molecule has 0 unspecified atom stereocenters. The third kappa shape index (κ3) is 2.93. The second kappa shape index (κ2) is 5.42. The first kappa shape index (κ1) is 12.3. The normalized spacial score (nSPS) is 9.83. The predicted molar refractivity (Wildman–Crippen MR) is 70.6 cm³/mol. The second-order valence-corrected chi connectivity index (χ2v) is 4.04. The highest BCUT2D eigenvalue weighted by atomic mass is 35.5. The summed E-state index contributed by atoms with van der Waals surface area (Å²) < 4.78 is 0. The quantitative estimate of drug-likeness (QED) is 0.746. The molecule has 0 heterocycles. The number of anilines is 1. The Morgan fingerprint density at radius 1 is 1.11 bits per heavy atom. The van der Waals surface area contributed by atoms with Gasteiger partial charge in [0.15, 0.2) is 0 Å². The molecule has 0 atom stereocenters. The van der Waals surface area contributed by atoms with Crippen LogP contribution >= 0.6 is 11.6 Å². The van der Waals surface area contributed by atoms with Crippen LogP contribution in [-0.4, -0.2) is 11.0 Å². The smallest absolute Gasteiger partial charge is 0.273 e. The maximum Gasteiger partial charge on any atom is 0.273 e. The van der Waals surface area contributed by atoms with Crippen molar-refractivity contribution in [2.24, 2.45) is 0 Å². The van der Waals surface area contributed by atoms with Crippen molar-refractivity contribution in [1.29, 1.82) is 0 Å². The Balaban J connectivity index is 2.03. The molecule has 5 heteroatoms. The number of aromatic hydroxyl groups is 1. The molecule has 2 rings (SSSR count). The number of rotatable bonds is 3. The van der Waals surface area contributed by atoms with Gasteiger partial charge in [0.1, 0.15) is 5.75 Å². The van der Waals surface area contributed by atoms with Crippen molar-refractivity contribution in [3.8, 4) is 5.75 Å². The topological polar surface area (TPSA) is 61.4 Å². The van der Waals surface area contributed by atoms with Gasteiger partial charge in [0, 0.05) is 5.02 Å². The lowest BCUT2D eigenvalue weighted by atomic mass is 10.2. The summed E-state index contributed by atoms with van der Waals surface area (Å²) in [6.07, 6.45) is 0. The number of amides is 1. The molecule has 0 saturated carbocycles. The third-order valence-corrected chi connectivity index (χ3v) is 2.53. The minimum Gasteiger partial charge on any atom is -0.507 e. The summed E-state index contributed by atoms with van der Waals surface area (Å²) >= 11 is 5.81. The highest BCUT2D eigenvalue weighted by Crippen LogP contribution is 2.16. The van der Waals surface area contributed by atoms with Crippen molar-refractivity contribution in [2.45, 2.75) is 0 Å². The molecule has 3 N–H and O–H groups in total. The number of hydrogen-bond acceptors (Lipinski definition) is 3. The predicted octanol–water partition coefficient (Wildman–Crippen LogP) is 2.80. The fraction of sp³-hybridized carbons (Fsp3) is 0. The van der Waals surface area contributed by atoms with Gasteiger partial charge in [0.2, 0.25) is 0 Å². The van der Waals surface area contributed by atoms with Crippen molar-refractivity contribution in [3.63, 3.8) is 0 Å². The van der Waals surface area contributed by atoms with Crippen molar-refractivity contribution in [1.82, 2.24) is 5.43 Å². The Labute approximate surface area is 109 Å². The SMILES string of the molecule is O=C(NNc1cccc(Cl)c1)c1ccccc1O. The van der Waals surface area contributed by atoms with Crippen LogP contribution in [0, 0.1) is 0 Å². The van der Waals surface area contributed by atoms with Crippen LogP contribution in [0.25, 0.3) is 0 Å². The number of phenolic OH excluding ortho intramolecular Hbond substituents is 1. The van der Waals surface area contributed by atoms with Crippen LogP contribution in [0.4, 0.5) is 5.69 Å². The summed E-state index contributed by atoms with van der Waals surface area (Å²) in [7, 11) is 0. The van der Waals surface area contributed by atoms with E-state index in [2.05, 4.69) is 10.9 Å². The number of phenols is 1. The minimum absolute atomic E-state index is 0.0668. The van der Waals surface area contributed by atoms with Crippen LogP contribution < -0.4 is 10.9 Å². The van der Waals surface area contributed by atoms with Gasteiger partial charge >= 0.3 is 0 Å². The van der Waals surface area contributed by atoms with Gasteiger partial charge in [0.05, 0.1) is 11.3 Å². The van der Waals surface area contributed by atoms with E-state index in [1.54, 1.807) is 36.4 Å². The van der Waals surface area contributed by atoms with Gasteiger partial charge < -0.3 is 5.11 Å². The zero-order chi connectivity index (χ0) is 13.0. The van der Waals surface area contributed by atoms with Crippen LogP contribution in [0.15, 0.2) is 48.5 Å². The fourth-order valence-electron chi connectivity index (χ4n) is 1.43. The van der Waals surface area contributed by atoms with E-state index in [9.17, 15) is 9.90 Å². The van der Waals surface area contributed by atoms with E-state index in [4.69, 9.17) is 11.6 Å². The highest BCUT2D eigenvalue weighted by Gasteiger charge is 2.09. The molecule has 0 saturated heterocycles. The van der Waals surface area contributed by atoms with E-state index in [1.165, 1.54) is 12.1 Å². The Hall–Kier alpha value is -2.20. The number of para-hydroxylation sites is 1. The Kier molecular flexibility index (Phi) is 3.69. The van der Waals surface area contributed by atoms with Gasteiger partial charge in [-0.15, -0.1) is 0 Å². The Bertz CT molecular complexity index is 572. The second-order valence-electron chi connectivity index (χ2n) is 3.61. The molecule has 0 radical (unpaired) electrons. The van der Waals surface area contributed by atoms with Gasteiger partial charge in [-0.25, -0.2) is 0 Å². The molecule has 0 aliphatic carbocycles. The number of carbonyl (C=O) groups is 1. The molecule has 92 valence electrons. The van der Waals surface area contributed by atoms with Crippen molar-refractivity contribution in [3.05, 3.63) is 59.1 Å². The maximum absolute atomic E-state index is 11.8. The van der Waals surface area contributed by atoms with Crippen LogP contribution in [-0.2, 0) is 0 Å². The Morgan fingerprint density at radius 2 is 1.89 bits per heavy atom. The molecule has 0 aromatic heterocycles. The zero-order valence-electron chi connectivity index (χ0n) is 9.35. The largest absolute Gasteiger partial charge is 0.507 e. The molecular formula is C13H11ClN2O2. The van der Waals surface area contributed by atoms with Crippen LogP contribution in [0.2, 0.25) is 5.02 Å². The number of benzene rings is 2. The van der Waals surface area contributed by atoms with E-state index in [-0.39, 0.29) is 11.3 Å². The van der Waals surface area contributed by atoms with Crippen LogP contribution in [0.3, 0.4) is 0 Å². The average molecular weight is 263 g/mol. The van der Waals surface area contributed by atoms with Gasteiger partial charge in [-0.2, -0.15) is 0 Å². The molecule has 0 aliphatic heterocycles. The van der Waals surface area contributed by atoms with Crippen LogP contribution in [0.5, 0.6) is 5.75 Å². The first-order valence-electron chi connectivity index (χ1n) is 5.27. The molecule has 2 aromatic carbocycles.